The number of hydrogen-bond donors (Lipinski definition) is 0. The van der Waals surface area contributed by atoms with Crippen molar-refractivity contribution in [3.8, 4) is 5.75 Å². The largest absolute Gasteiger partial charge is 0.486 e. The molecule has 4 heteroatoms. The molecule has 0 unspecified atom stereocenters. The molecule has 1 aromatic carbocycles. The Bertz CT molecular complexity index is 476. The molecule has 0 amide bonds. The van der Waals surface area contributed by atoms with Crippen LogP contribution in [-0.4, -0.2) is 4.98 Å². The van der Waals surface area contributed by atoms with Crippen LogP contribution in [0.5, 0.6) is 5.75 Å². The SMILES string of the molecule is Fc1ccc(Br)cc1OCc1ccncc1. The Morgan fingerprint density at radius 2 is 1.94 bits per heavy atom. The topological polar surface area (TPSA) is 22.1 Å². The Kier molecular flexibility index (Phi) is 3.51. The third-order valence-corrected chi connectivity index (χ3v) is 2.53. The van der Waals surface area contributed by atoms with E-state index in [4.69, 9.17) is 4.74 Å². The first-order valence-corrected chi connectivity index (χ1v) is 5.52. The monoisotopic (exact) mass is 281 g/mol. The van der Waals surface area contributed by atoms with Crippen molar-refractivity contribution in [2.24, 2.45) is 0 Å². The zero-order valence-corrected chi connectivity index (χ0v) is 9.95. The Morgan fingerprint density at radius 1 is 1.19 bits per heavy atom. The Labute approximate surface area is 101 Å². The molecule has 0 aliphatic rings. The highest BCUT2D eigenvalue weighted by Crippen LogP contribution is 2.22. The summed E-state index contributed by atoms with van der Waals surface area (Å²) < 4.78 is 19.5. The normalized spacial score (nSPS) is 10.1. The predicted molar refractivity (Wildman–Crippen MR) is 62.7 cm³/mol. The molecule has 1 aromatic heterocycles. The summed E-state index contributed by atoms with van der Waals surface area (Å²) in [5, 5.41) is 0. The fourth-order valence-electron chi connectivity index (χ4n) is 1.23. The molecule has 1 heterocycles. The molecule has 0 atom stereocenters. The van der Waals surface area contributed by atoms with Gasteiger partial charge < -0.3 is 4.74 Å². The highest BCUT2D eigenvalue weighted by atomic mass is 79.9. The smallest absolute Gasteiger partial charge is 0.165 e. The van der Waals surface area contributed by atoms with Crippen molar-refractivity contribution in [3.05, 3.63) is 58.6 Å². The molecule has 0 N–H and O–H groups in total. The third kappa shape index (κ3) is 2.79. The first-order chi connectivity index (χ1) is 7.75. The van der Waals surface area contributed by atoms with E-state index in [1.807, 2.05) is 12.1 Å². The summed E-state index contributed by atoms with van der Waals surface area (Å²) in [5.41, 5.74) is 0.953. The second kappa shape index (κ2) is 5.07. The number of halogens is 2. The van der Waals surface area contributed by atoms with Gasteiger partial charge in [0.1, 0.15) is 6.61 Å². The van der Waals surface area contributed by atoms with Gasteiger partial charge in [-0.3, -0.25) is 4.98 Å². The minimum absolute atomic E-state index is 0.242. The lowest BCUT2D eigenvalue weighted by Crippen LogP contribution is -1.97. The average molecular weight is 282 g/mol. The minimum atomic E-state index is -0.364. The summed E-state index contributed by atoms with van der Waals surface area (Å²) in [6.07, 6.45) is 3.35. The summed E-state index contributed by atoms with van der Waals surface area (Å²) in [6.45, 7) is 0.329. The fraction of sp³-hybridized carbons (Fsp3) is 0.0833. The number of nitrogens with zero attached hydrogens (tertiary/aromatic N) is 1. The fourth-order valence-corrected chi connectivity index (χ4v) is 1.57. The van der Waals surface area contributed by atoms with E-state index < -0.39 is 0 Å². The quantitative estimate of drug-likeness (QED) is 0.858. The maximum atomic E-state index is 13.3. The minimum Gasteiger partial charge on any atom is -0.486 e. The van der Waals surface area contributed by atoms with Gasteiger partial charge in [0, 0.05) is 16.9 Å². The molecule has 82 valence electrons. The number of pyridine rings is 1. The van der Waals surface area contributed by atoms with Crippen molar-refractivity contribution in [1.82, 2.24) is 4.98 Å². The van der Waals surface area contributed by atoms with Crippen molar-refractivity contribution >= 4 is 15.9 Å². The zero-order chi connectivity index (χ0) is 11.4. The van der Waals surface area contributed by atoms with E-state index >= 15 is 0 Å². The van der Waals surface area contributed by atoms with Crippen LogP contribution >= 0.6 is 15.9 Å². The van der Waals surface area contributed by atoms with Crippen LogP contribution in [0.1, 0.15) is 5.56 Å². The van der Waals surface area contributed by atoms with Crippen LogP contribution in [0.25, 0.3) is 0 Å². The van der Waals surface area contributed by atoms with Gasteiger partial charge in [0.05, 0.1) is 0 Å². The number of benzene rings is 1. The maximum absolute atomic E-state index is 13.3. The van der Waals surface area contributed by atoms with Gasteiger partial charge in [-0.25, -0.2) is 4.39 Å². The van der Waals surface area contributed by atoms with Gasteiger partial charge in [-0.1, -0.05) is 15.9 Å². The third-order valence-electron chi connectivity index (χ3n) is 2.04. The lowest BCUT2D eigenvalue weighted by atomic mass is 10.3. The molecule has 2 rings (SSSR count). The lowest BCUT2D eigenvalue weighted by molar-refractivity contribution is 0.290. The van der Waals surface area contributed by atoms with Crippen molar-refractivity contribution in [2.75, 3.05) is 0 Å². The molecular weight excluding hydrogens is 273 g/mol. The van der Waals surface area contributed by atoms with E-state index in [1.54, 1.807) is 24.5 Å². The second-order valence-corrected chi connectivity index (χ2v) is 4.13. The van der Waals surface area contributed by atoms with Crippen molar-refractivity contribution in [2.45, 2.75) is 6.61 Å². The summed E-state index contributed by atoms with van der Waals surface area (Å²) in [4.78, 5) is 3.89. The summed E-state index contributed by atoms with van der Waals surface area (Å²) in [5.74, 6) is -0.122. The Hall–Kier alpha value is -1.42. The molecular formula is C12H9BrFNO. The van der Waals surface area contributed by atoms with Crippen LogP contribution in [0.3, 0.4) is 0 Å². The lowest BCUT2D eigenvalue weighted by Gasteiger charge is -2.07. The average Bonchev–Trinajstić information content (AvgIpc) is 2.32. The van der Waals surface area contributed by atoms with E-state index in [0.717, 1.165) is 10.0 Å². The highest BCUT2D eigenvalue weighted by Gasteiger charge is 2.03. The number of rotatable bonds is 3. The Morgan fingerprint density at radius 3 is 2.69 bits per heavy atom. The van der Waals surface area contributed by atoms with Crippen LogP contribution in [0, 0.1) is 5.82 Å². The first kappa shape index (κ1) is 11.1. The molecule has 16 heavy (non-hydrogen) atoms. The first-order valence-electron chi connectivity index (χ1n) is 4.72. The zero-order valence-electron chi connectivity index (χ0n) is 8.36. The maximum Gasteiger partial charge on any atom is 0.165 e. The van der Waals surface area contributed by atoms with E-state index in [9.17, 15) is 4.39 Å². The summed E-state index contributed by atoms with van der Waals surface area (Å²) >= 11 is 3.27. The molecule has 0 saturated heterocycles. The van der Waals surface area contributed by atoms with Gasteiger partial charge >= 0.3 is 0 Å². The Balaban J connectivity index is 2.08. The summed E-state index contributed by atoms with van der Waals surface area (Å²) in [6, 6.07) is 8.27. The van der Waals surface area contributed by atoms with Crippen LogP contribution in [-0.2, 0) is 6.61 Å². The van der Waals surface area contributed by atoms with E-state index in [0.29, 0.717) is 6.61 Å². The van der Waals surface area contributed by atoms with Crippen LogP contribution in [0.15, 0.2) is 47.2 Å². The predicted octanol–water partition coefficient (Wildman–Crippen LogP) is 3.56. The molecule has 0 fully saturated rings. The van der Waals surface area contributed by atoms with Crippen molar-refractivity contribution < 1.29 is 9.13 Å². The van der Waals surface area contributed by atoms with Gasteiger partial charge in [0.25, 0.3) is 0 Å². The molecule has 0 radical (unpaired) electrons. The molecule has 2 aromatic rings. The number of hydrogen-bond acceptors (Lipinski definition) is 2. The van der Waals surface area contributed by atoms with E-state index in [-0.39, 0.29) is 11.6 Å². The molecule has 2 nitrogen and oxygen atoms in total. The molecule has 0 saturated carbocycles. The van der Waals surface area contributed by atoms with Gasteiger partial charge in [0.2, 0.25) is 0 Å². The van der Waals surface area contributed by atoms with Gasteiger partial charge in [-0.05, 0) is 35.9 Å². The standard InChI is InChI=1S/C12H9BrFNO/c13-10-1-2-11(14)12(7-10)16-8-9-3-5-15-6-4-9/h1-7H,8H2. The van der Waals surface area contributed by atoms with Crippen molar-refractivity contribution in [3.63, 3.8) is 0 Å². The second-order valence-electron chi connectivity index (χ2n) is 3.22. The number of aromatic nitrogens is 1. The van der Waals surface area contributed by atoms with E-state index in [2.05, 4.69) is 20.9 Å². The van der Waals surface area contributed by atoms with Gasteiger partial charge in [-0.15, -0.1) is 0 Å². The molecule has 0 bridgehead atoms. The van der Waals surface area contributed by atoms with Crippen molar-refractivity contribution in [1.29, 1.82) is 0 Å². The molecule has 0 aliphatic heterocycles. The van der Waals surface area contributed by atoms with Crippen LogP contribution in [0.4, 0.5) is 4.39 Å². The highest BCUT2D eigenvalue weighted by molar-refractivity contribution is 9.10. The van der Waals surface area contributed by atoms with Crippen LogP contribution < -0.4 is 4.74 Å². The molecule has 0 aliphatic carbocycles. The van der Waals surface area contributed by atoms with Crippen LogP contribution in [0.2, 0.25) is 0 Å². The molecule has 0 spiro atoms. The van der Waals surface area contributed by atoms with Gasteiger partial charge in [0.15, 0.2) is 11.6 Å². The number of ether oxygens (including phenoxy) is 1. The summed E-state index contributed by atoms with van der Waals surface area (Å²) in [7, 11) is 0. The van der Waals surface area contributed by atoms with E-state index in [1.165, 1.54) is 6.07 Å². The van der Waals surface area contributed by atoms with Gasteiger partial charge in [-0.2, -0.15) is 0 Å².